The summed E-state index contributed by atoms with van der Waals surface area (Å²) in [6.07, 6.45) is 0.350. The second-order valence-corrected chi connectivity index (χ2v) is 11.1. The number of carbonyl (C=O) groups excluding carboxylic acids is 1. The maximum absolute atomic E-state index is 13.5. The molecule has 10 heteroatoms. The van der Waals surface area contributed by atoms with E-state index in [2.05, 4.69) is 18.4 Å². The minimum atomic E-state index is -4.30. The van der Waals surface area contributed by atoms with E-state index in [0.29, 0.717) is 27.6 Å². The van der Waals surface area contributed by atoms with Crippen LogP contribution in [0.5, 0.6) is 5.75 Å². The Bertz CT molecular complexity index is 1830. The molecule has 6 nitrogen and oxygen atoms in total. The van der Waals surface area contributed by atoms with Gasteiger partial charge >= 0.3 is 12.3 Å². The van der Waals surface area contributed by atoms with Gasteiger partial charge in [0.25, 0.3) is 5.69 Å². The number of halogens is 4. The molecule has 0 radical (unpaired) electrons. The van der Waals surface area contributed by atoms with Crippen LogP contribution in [0.2, 0.25) is 0 Å². The highest BCUT2D eigenvalue weighted by Gasteiger charge is 2.41. The van der Waals surface area contributed by atoms with Gasteiger partial charge in [-0.25, -0.2) is 8.78 Å². The van der Waals surface area contributed by atoms with Gasteiger partial charge in [-0.05, 0) is 60.9 Å². The molecule has 0 saturated heterocycles. The smallest absolute Gasteiger partial charge is 0.340 e. The number of nitro groups is 1. The zero-order valence-corrected chi connectivity index (χ0v) is 24.4. The van der Waals surface area contributed by atoms with Crippen molar-refractivity contribution in [1.29, 1.82) is 0 Å². The first kappa shape index (κ1) is 31.0. The molecule has 0 amide bonds. The summed E-state index contributed by atoms with van der Waals surface area (Å²) < 4.78 is 58.4. The molecule has 1 atom stereocenters. The van der Waals surface area contributed by atoms with Crippen molar-refractivity contribution in [1.82, 2.24) is 4.57 Å². The molecule has 1 heterocycles. The van der Waals surface area contributed by atoms with E-state index >= 15 is 0 Å². The standard InChI is InChI=1S/C34H32F4N2O4/c1-3-5-8-21(4-2)19-39-29-16-13-23(32(41)22-11-14-24(15-12-22)44-20-34(37,38)33(35)36)17-27(29)28-18-30(40(42)43)25-9-6-7-10-26(25)31(28)39/h6-7,9-18,21,33H,3-5,8,19-20H2,1-2H3. The van der Waals surface area contributed by atoms with E-state index in [1.165, 1.54) is 24.3 Å². The summed E-state index contributed by atoms with van der Waals surface area (Å²) in [5, 5.41) is 14.8. The molecule has 1 unspecified atom stereocenters. The van der Waals surface area contributed by atoms with Crippen molar-refractivity contribution < 1.29 is 32.0 Å². The lowest BCUT2D eigenvalue weighted by atomic mass is 9.99. The van der Waals surface area contributed by atoms with Crippen LogP contribution in [0.4, 0.5) is 23.2 Å². The summed E-state index contributed by atoms with van der Waals surface area (Å²) in [4.78, 5) is 25.2. The molecule has 0 N–H and O–H groups in total. The molecule has 1 aromatic heterocycles. The average Bonchev–Trinajstić information content (AvgIpc) is 3.33. The molecule has 0 saturated carbocycles. The quantitative estimate of drug-likeness (QED) is 0.0577. The largest absolute Gasteiger partial charge is 0.487 e. The van der Waals surface area contributed by atoms with E-state index in [9.17, 15) is 32.5 Å². The number of fused-ring (bicyclic) bond motifs is 5. The fourth-order valence-corrected chi connectivity index (χ4v) is 5.71. The maximum Gasteiger partial charge on any atom is 0.340 e. The summed E-state index contributed by atoms with van der Waals surface area (Å²) in [5.74, 6) is -4.34. The topological polar surface area (TPSA) is 74.4 Å². The van der Waals surface area contributed by atoms with E-state index in [0.717, 1.165) is 48.6 Å². The van der Waals surface area contributed by atoms with Crippen LogP contribution in [0.1, 0.15) is 55.5 Å². The van der Waals surface area contributed by atoms with Crippen LogP contribution in [0.15, 0.2) is 72.8 Å². The molecule has 44 heavy (non-hydrogen) atoms. The van der Waals surface area contributed by atoms with Gasteiger partial charge in [-0.15, -0.1) is 0 Å². The number of nitrogens with zero attached hydrogens (tertiary/aromatic N) is 2. The number of hydrogen-bond acceptors (Lipinski definition) is 4. The molecule has 0 aliphatic heterocycles. The number of alkyl halides is 4. The molecule has 5 rings (SSSR count). The van der Waals surface area contributed by atoms with E-state index in [1.54, 1.807) is 30.3 Å². The zero-order chi connectivity index (χ0) is 31.6. The molecule has 4 aromatic carbocycles. The van der Waals surface area contributed by atoms with Crippen molar-refractivity contribution in [3.8, 4) is 5.75 Å². The van der Waals surface area contributed by atoms with E-state index in [4.69, 9.17) is 4.74 Å². The Balaban J connectivity index is 1.59. The number of ketones is 1. The molecule has 5 aromatic rings. The Morgan fingerprint density at radius 1 is 0.932 bits per heavy atom. The molecule has 0 fully saturated rings. The van der Waals surface area contributed by atoms with E-state index in [1.807, 2.05) is 18.2 Å². The predicted octanol–water partition coefficient (Wildman–Crippen LogP) is 9.58. The average molecular weight is 609 g/mol. The van der Waals surface area contributed by atoms with Crippen molar-refractivity contribution in [3.05, 3.63) is 94.0 Å². The first-order valence-corrected chi connectivity index (χ1v) is 14.6. The summed E-state index contributed by atoms with van der Waals surface area (Å²) in [6.45, 7) is 3.55. The van der Waals surface area contributed by atoms with Crippen LogP contribution in [0.25, 0.3) is 32.6 Å². The third-order valence-electron chi connectivity index (χ3n) is 8.15. The zero-order valence-electron chi connectivity index (χ0n) is 24.4. The van der Waals surface area contributed by atoms with Gasteiger partial charge in [0.05, 0.1) is 15.8 Å². The van der Waals surface area contributed by atoms with Gasteiger partial charge in [0.2, 0.25) is 0 Å². The summed E-state index contributed by atoms with van der Waals surface area (Å²) in [6, 6.07) is 19.5. The second-order valence-electron chi connectivity index (χ2n) is 11.1. The third-order valence-corrected chi connectivity index (χ3v) is 8.15. The molecular formula is C34H32F4N2O4. The summed E-state index contributed by atoms with van der Waals surface area (Å²) >= 11 is 0. The number of hydrogen-bond donors (Lipinski definition) is 0. The van der Waals surface area contributed by atoms with Crippen molar-refractivity contribution in [2.24, 2.45) is 5.92 Å². The fourth-order valence-electron chi connectivity index (χ4n) is 5.71. The van der Waals surface area contributed by atoms with E-state index < -0.39 is 23.9 Å². The summed E-state index contributed by atoms with van der Waals surface area (Å²) in [5.41, 5.74) is 2.30. The first-order chi connectivity index (χ1) is 21.1. The number of nitro benzene ring substituents is 1. The van der Waals surface area contributed by atoms with Gasteiger partial charge < -0.3 is 9.30 Å². The van der Waals surface area contributed by atoms with Crippen molar-refractivity contribution in [2.75, 3.05) is 6.61 Å². The van der Waals surface area contributed by atoms with Crippen LogP contribution >= 0.6 is 0 Å². The Kier molecular flexibility index (Phi) is 8.90. The highest BCUT2D eigenvalue weighted by molar-refractivity contribution is 6.21. The maximum atomic E-state index is 13.5. The first-order valence-electron chi connectivity index (χ1n) is 14.6. The lowest BCUT2D eigenvalue weighted by Crippen LogP contribution is -2.33. The highest BCUT2D eigenvalue weighted by Crippen LogP contribution is 2.40. The minimum absolute atomic E-state index is 0.0186. The van der Waals surface area contributed by atoms with Gasteiger partial charge in [0.1, 0.15) is 5.75 Å². The van der Waals surface area contributed by atoms with Crippen LogP contribution in [-0.2, 0) is 6.54 Å². The molecular weight excluding hydrogens is 576 g/mol. The Labute approximate surface area is 251 Å². The van der Waals surface area contributed by atoms with Crippen molar-refractivity contribution in [2.45, 2.75) is 58.4 Å². The minimum Gasteiger partial charge on any atom is -0.487 e. The third kappa shape index (κ3) is 5.98. The number of benzene rings is 4. The Morgan fingerprint density at radius 3 is 2.25 bits per heavy atom. The number of carbonyl (C=O) groups is 1. The molecule has 0 aliphatic rings. The molecule has 0 aliphatic carbocycles. The molecule has 0 spiro atoms. The van der Waals surface area contributed by atoms with Crippen LogP contribution < -0.4 is 4.74 Å². The highest BCUT2D eigenvalue weighted by atomic mass is 19.3. The number of ether oxygens (including phenoxy) is 1. The lowest BCUT2D eigenvalue weighted by Gasteiger charge is -2.18. The van der Waals surface area contributed by atoms with Crippen molar-refractivity contribution in [3.63, 3.8) is 0 Å². The monoisotopic (exact) mass is 608 g/mol. The van der Waals surface area contributed by atoms with Gasteiger partial charge in [0, 0.05) is 45.4 Å². The Morgan fingerprint density at radius 2 is 1.61 bits per heavy atom. The van der Waals surface area contributed by atoms with Gasteiger partial charge in [-0.3, -0.25) is 14.9 Å². The number of non-ortho nitro benzene ring substituents is 1. The number of unbranched alkanes of at least 4 members (excludes halogenated alkanes) is 1. The Hall–Kier alpha value is -4.47. The fraction of sp³-hybridized carbons (Fsp3) is 0.324. The number of aromatic nitrogens is 1. The van der Waals surface area contributed by atoms with Gasteiger partial charge in [0.15, 0.2) is 12.4 Å². The van der Waals surface area contributed by atoms with Crippen LogP contribution in [0, 0.1) is 16.0 Å². The van der Waals surface area contributed by atoms with Crippen molar-refractivity contribution >= 4 is 44.0 Å². The predicted molar refractivity (Wildman–Crippen MR) is 163 cm³/mol. The van der Waals surface area contributed by atoms with Gasteiger partial charge in [-0.1, -0.05) is 51.3 Å². The lowest BCUT2D eigenvalue weighted by molar-refractivity contribution is -0.382. The number of rotatable bonds is 13. The normalized spacial score (nSPS) is 12.8. The van der Waals surface area contributed by atoms with E-state index in [-0.39, 0.29) is 22.8 Å². The molecule has 0 bridgehead atoms. The van der Waals surface area contributed by atoms with Crippen LogP contribution in [0.3, 0.4) is 0 Å². The van der Waals surface area contributed by atoms with Gasteiger partial charge in [-0.2, -0.15) is 8.78 Å². The van der Waals surface area contributed by atoms with Crippen LogP contribution in [-0.4, -0.2) is 34.2 Å². The summed E-state index contributed by atoms with van der Waals surface area (Å²) in [7, 11) is 0. The SMILES string of the molecule is CCCCC(CC)Cn1c2ccc(C(=O)c3ccc(OCC(F)(F)C(F)F)cc3)cc2c2cc([N+](=O)[O-])c3ccccc3c21. The molecule has 230 valence electrons. The second kappa shape index (κ2) is 12.6.